The minimum atomic E-state index is -0.215. The quantitative estimate of drug-likeness (QED) is 0.447. The maximum atomic E-state index is 12.6. The zero-order valence-electron chi connectivity index (χ0n) is 14.3. The van der Waals surface area contributed by atoms with Gasteiger partial charge in [-0.05, 0) is 48.9 Å². The minimum absolute atomic E-state index is 0.215. The van der Waals surface area contributed by atoms with E-state index < -0.39 is 0 Å². The molecule has 0 fully saturated rings. The van der Waals surface area contributed by atoms with E-state index >= 15 is 0 Å². The number of carbonyl (C=O) groups is 1. The number of halogens is 1. The smallest absolute Gasteiger partial charge is 0.259 e. The van der Waals surface area contributed by atoms with Gasteiger partial charge in [0.25, 0.3) is 5.91 Å². The number of benzene rings is 2. The lowest BCUT2D eigenvalue weighted by atomic mass is 10.1. The van der Waals surface area contributed by atoms with Crippen molar-refractivity contribution in [3.05, 3.63) is 65.2 Å². The van der Waals surface area contributed by atoms with E-state index in [4.69, 9.17) is 9.47 Å². The maximum absolute atomic E-state index is 12.6. The number of anilines is 1. The normalized spacial score (nSPS) is 10.2. The largest absolute Gasteiger partial charge is 0.493 e. The molecular weight excluding hydrogens is 382 g/mol. The van der Waals surface area contributed by atoms with E-state index in [-0.39, 0.29) is 5.91 Å². The zero-order valence-corrected chi connectivity index (χ0v) is 15.8. The third kappa shape index (κ3) is 5.94. The summed E-state index contributed by atoms with van der Waals surface area (Å²) in [7, 11) is 0. The summed E-state index contributed by atoms with van der Waals surface area (Å²) in [6.07, 6.45) is 3.67. The lowest BCUT2D eigenvalue weighted by molar-refractivity contribution is 0.102. The first-order chi connectivity index (χ1) is 12.1. The Morgan fingerprint density at radius 3 is 2.64 bits per heavy atom. The molecule has 0 atom stereocenters. The topological polar surface area (TPSA) is 47.6 Å². The molecule has 5 heteroatoms. The van der Waals surface area contributed by atoms with Crippen LogP contribution in [-0.2, 0) is 0 Å². The van der Waals surface area contributed by atoms with Gasteiger partial charge in [-0.2, -0.15) is 0 Å². The lowest BCUT2D eigenvalue weighted by Crippen LogP contribution is -2.14. The Hall–Kier alpha value is -2.27. The Morgan fingerprint density at radius 2 is 1.96 bits per heavy atom. The molecule has 0 radical (unpaired) electrons. The maximum Gasteiger partial charge on any atom is 0.259 e. The molecule has 2 aromatic rings. The lowest BCUT2D eigenvalue weighted by Gasteiger charge is -2.12. The molecule has 0 unspecified atom stereocenters. The van der Waals surface area contributed by atoms with Crippen molar-refractivity contribution in [1.82, 2.24) is 0 Å². The summed E-state index contributed by atoms with van der Waals surface area (Å²) in [5.74, 6) is 1.09. The van der Waals surface area contributed by atoms with Gasteiger partial charge in [-0.15, -0.1) is 0 Å². The van der Waals surface area contributed by atoms with Gasteiger partial charge in [0.05, 0.1) is 12.2 Å². The first-order valence-corrected chi connectivity index (χ1v) is 9.00. The molecule has 4 nitrogen and oxygen atoms in total. The Morgan fingerprint density at radius 1 is 1.20 bits per heavy atom. The fourth-order valence-electron chi connectivity index (χ4n) is 2.12. The van der Waals surface area contributed by atoms with Crippen molar-refractivity contribution in [1.29, 1.82) is 0 Å². The van der Waals surface area contributed by atoms with E-state index in [9.17, 15) is 4.79 Å². The van der Waals surface area contributed by atoms with Gasteiger partial charge in [0, 0.05) is 10.2 Å². The third-order valence-electron chi connectivity index (χ3n) is 3.42. The monoisotopic (exact) mass is 403 g/mol. The van der Waals surface area contributed by atoms with Gasteiger partial charge in [-0.3, -0.25) is 4.79 Å². The molecule has 0 saturated carbocycles. The number of amides is 1. The van der Waals surface area contributed by atoms with E-state index in [0.717, 1.165) is 23.1 Å². The first-order valence-electron chi connectivity index (χ1n) is 8.21. The van der Waals surface area contributed by atoms with E-state index in [0.29, 0.717) is 30.2 Å². The third-order valence-corrected chi connectivity index (χ3v) is 3.91. The van der Waals surface area contributed by atoms with Crippen molar-refractivity contribution in [3.8, 4) is 11.5 Å². The van der Waals surface area contributed by atoms with E-state index in [1.54, 1.807) is 42.5 Å². The number of carbonyl (C=O) groups excluding carboxylic acids is 1. The fourth-order valence-corrected chi connectivity index (χ4v) is 2.48. The summed E-state index contributed by atoms with van der Waals surface area (Å²) in [6.45, 7) is 6.75. The molecule has 1 amide bonds. The number of hydrogen-bond donors (Lipinski definition) is 1. The predicted molar refractivity (Wildman–Crippen MR) is 105 cm³/mol. The van der Waals surface area contributed by atoms with E-state index in [1.807, 2.05) is 6.07 Å². The molecule has 0 aromatic heterocycles. The molecule has 1 N–H and O–H groups in total. The highest BCUT2D eigenvalue weighted by molar-refractivity contribution is 9.10. The summed E-state index contributed by atoms with van der Waals surface area (Å²) < 4.78 is 12.0. The van der Waals surface area contributed by atoms with E-state index in [1.165, 1.54) is 0 Å². The molecule has 25 heavy (non-hydrogen) atoms. The first kappa shape index (κ1) is 19.1. The molecule has 0 heterocycles. The van der Waals surface area contributed by atoms with Crippen molar-refractivity contribution in [2.75, 3.05) is 18.5 Å². The predicted octanol–water partition coefficient (Wildman–Crippen LogP) is 5.45. The summed E-state index contributed by atoms with van der Waals surface area (Å²) in [5, 5.41) is 2.88. The molecule has 0 bridgehead atoms. The van der Waals surface area contributed by atoms with Crippen LogP contribution in [0.3, 0.4) is 0 Å². The summed E-state index contributed by atoms with van der Waals surface area (Å²) in [4.78, 5) is 12.6. The van der Waals surface area contributed by atoms with Crippen LogP contribution in [-0.4, -0.2) is 19.1 Å². The van der Waals surface area contributed by atoms with Crippen molar-refractivity contribution < 1.29 is 14.3 Å². The average Bonchev–Trinajstić information content (AvgIpc) is 2.62. The van der Waals surface area contributed by atoms with Crippen molar-refractivity contribution >= 4 is 27.5 Å². The Bertz CT molecular complexity index is 713. The molecule has 2 rings (SSSR count). The fraction of sp³-hybridized carbons (Fsp3) is 0.250. The van der Waals surface area contributed by atoms with Crippen LogP contribution in [0.5, 0.6) is 11.5 Å². The van der Waals surface area contributed by atoms with Gasteiger partial charge in [0.1, 0.15) is 18.1 Å². The molecule has 0 aliphatic rings. The second-order valence-corrected chi connectivity index (χ2v) is 6.34. The number of rotatable bonds is 9. The van der Waals surface area contributed by atoms with Crippen LogP contribution in [0.2, 0.25) is 0 Å². The number of nitrogens with one attached hydrogen (secondary N) is 1. The van der Waals surface area contributed by atoms with Crippen LogP contribution in [0.15, 0.2) is 59.6 Å². The van der Waals surface area contributed by atoms with Gasteiger partial charge in [-0.25, -0.2) is 0 Å². The Balaban J connectivity index is 2.08. The molecule has 0 spiro atoms. The van der Waals surface area contributed by atoms with Crippen LogP contribution >= 0.6 is 15.9 Å². The molecule has 132 valence electrons. The van der Waals surface area contributed by atoms with Crippen molar-refractivity contribution in [2.24, 2.45) is 0 Å². The minimum Gasteiger partial charge on any atom is -0.493 e. The van der Waals surface area contributed by atoms with Crippen LogP contribution in [0.1, 0.15) is 30.1 Å². The van der Waals surface area contributed by atoms with Gasteiger partial charge >= 0.3 is 0 Å². The Labute approximate surface area is 157 Å². The summed E-state index contributed by atoms with van der Waals surface area (Å²) in [5.41, 5.74) is 1.19. The SMILES string of the molecule is C=CCOc1ccc(NC(=O)c2cc(Br)ccc2OCCCC)cc1. The highest BCUT2D eigenvalue weighted by atomic mass is 79.9. The van der Waals surface area contributed by atoms with Crippen molar-refractivity contribution in [3.63, 3.8) is 0 Å². The highest BCUT2D eigenvalue weighted by Gasteiger charge is 2.14. The van der Waals surface area contributed by atoms with E-state index in [2.05, 4.69) is 34.7 Å². The Kier molecular flexibility index (Phi) is 7.54. The van der Waals surface area contributed by atoms with Crippen LogP contribution < -0.4 is 14.8 Å². The highest BCUT2D eigenvalue weighted by Crippen LogP contribution is 2.25. The zero-order chi connectivity index (χ0) is 18.1. The van der Waals surface area contributed by atoms with Gasteiger partial charge in [-0.1, -0.05) is 41.9 Å². The number of hydrogen-bond acceptors (Lipinski definition) is 3. The van der Waals surface area contributed by atoms with Crippen molar-refractivity contribution in [2.45, 2.75) is 19.8 Å². The van der Waals surface area contributed by atoms with Gasteiger partial charge < -0.3 is 14.8 Å². The summed E-state index contributed by atoms with van der Waals surface area (Å²) in [6, 6.07) is 12.6. The average molecular weight is 404 g/mol. The molecular formula is C20H22BrNO3. The van der Waals surface area contributed by atoms with Gasteiger partial charge in [0.2, 0.25) is 0 Å². The summed E-state index contributed by atoms with van der Waals surface area (Å²) >= 11 is 3.41. The van der Waals surface area contributed by atoms with Crippen LogP contribution in [0.4, 0.5) is 5.69 Å². The second-order valence-electron chi connectivity index (χ2n) is 5.42. The molecule has 0 saturated heterocycles. The molecule has 0 aliphatic carbocycles. The molecule has 2 aromatic carbocycles. The number of unbranched alkanes of at least 4 members (excludes halogenated alkanes) is 1. The molecule has 0 aliphatic heterocycles. The van der Waals surface area contributed by atoms with Crippen LogP contribution in [0.25, 0.3) is 0 Å². The second kappa shape index (κ2) is 9.89. The van der Waals surface area contributed by atoms with Gasteiger partial charge in [0.15, 0.2) is 0 Å². The number of ether oxygens (including phenoxy) is 2. The standard InChI is InChI=1S/C20H22BrNO3/c1-3-5-13-25-19-11-6-15(21)14-18(19)20(23)22-16-7-9-17(10-8-16)24-12-4-2/h4,6-11,14H,2-3,5,12-13H2,1H3,(H,22,23). The van der Waals surface area contributed by atoms with Crippen LogP contribution in [0, 0.1) is 0 Å².